The molecule has 0 amide bonds. The highest BCUT2D eigenvalue weighted by Gasteiger charge is 2.06. The summed E-state index contributed by atoms with van der Waals surface area (Å²) >= 11 is 0. The zero-order valence-electron chi connectivity index (χ0n) is 12.6. The first kappa shape index (κ1) is 13.6. The normalized spacial score (nSPS) is 11.0. The standard InChI is InChI=1S/C19H17N3O/c1-2-4-15(5-3-1)13-23-17-6-7-19-18(10-17)16(11-21-19)12-22-9-8-20-14-22/h1-11,14,21H,12-13H2. The van der Waals surface area contributed by atoms with E-state index >= 15 is 0 Å². The van der Waals surface area contributed by atoms with E-state index in [-0.39, 0.29) is 0 Å². The van der Waals surface area contributed by atoms with Gasteiger partial charge in [-0.15, -0.1) is 0 Å². The van der Waals surface area contributed by atoms with Gasteiger partial charge in [-0.3, -0.25) is 0 Å². The third kappa shape index (κ3) is 2.97. The molecule has 0 unspecified atom stereocenters. The molecule has 4 aromatic rings. The van der Waals surface area contributed by atoms with Gasteiger partial charge in [0.25, 0.3) is 0 Å². The third-order valence-corrected chi connectivity index (χ3v) is 3.90. The van der Waals surface area contributed by atoms with Crippen molar-refractivity contribution in [1.82, 2.24) is 14.5 Å². The van der Waals surface area contributed by atoms with Crippen LogP contribution in [0.2, 0.25) is 0 Å². The molecule has 1 N–H and O–H groups in total. The van der Waals surface area contributed by atoms with Crippen molar-refractivity contribution < 1.29 is 4.74 Å². The van der Waals surface area contributed by atoms with Crippen molar-refractivity contribution in [2.45, 2.75) is 13.2 Å². The molecule has 4 heteroatoms. The van der Waals surface area contributed by atoms with Gasteiger partial charge >= 0.3 is 0 Å². The second kappa shape index (κ2) is 6.01. The van der Waals surface area contributed by atoms with Crippen molar-refractivity contribution in [2.24, 2.45) is 0 Å². The lowest BCUT2D eigenvalue weighted by atomic mass is 10.1. The Hall–Kier alpha value is -3.01. The van der Waals surface area contributed by atoms with Crippen LogP contribution in [-0.2, 0) is 13.2 Å². The van der Waals surface area contributed by atoms with Gasteiger partial charge < -0.3 is 14.3 Å². The molecular formula is C19H17N3O. The Labute approximate surface area is 134 Å². The Morgan fingerprint density at radius 2 is 2.00 bits per heavy atom. The van der Waals surface area contributed by atoms with Crippen LogP contribution < -0.4 is 4.74 Å². The van der Waals surface area contributed by atoms with E-state index in [1.807, 2.05) is 43.0 Å². The molecule has 2 heterocycles. The van der Waals surface area contributed by atoms with E-state index in [1.165, 1.54) is 16.5 Å². The molecule has 23 heavy (non-hydrogen) atoms. The number of fused-ring (bicyclic) bond motifs is 1. The number of H-pyrrole nitrogens is 1. The number of aromatic amines is 1. The molecular weight excluding hydrogens is 286 g/mol. The first-order chi connectivity index (χ1) is 11.4. The molecule has 0 aliphatic heterocycles. The highest BCUT2D eigenvalue weighted by molar-refractivity contribution is 5.84. The van der Waals surface area contributed by atoms with Crippen LogP contribution in [0.4, 0.5) is 0 Å². The van der Waals surface area contributed by atoms with E-state index in [0.29, 0.717) is 6.61 Å². The zero-order valence-corrected chi connectivity index (χ0v) is 12.6. The summed E-state index contributed by atoms with van der Waals surface area (Å²) in [6.45, 7) is 1.37. The maximum absolute atomic E-state index is 5.93. The summed E-state index contributed by atoms with van der Waals surface area (Å²) in [5, 5.41) is 1.18. The number of aromatic nitrogens is 3. The summed E-state index contributed by atoms with van der Waals surface area (Å²) in [7, 11) is 0. The van der Waals surface area contributed by atoms with Crippen molar-refractivity contribution >= 4 is 10.9 Å². The van der Waals surface area contributed by atoms with Crippen LogP contribution in [0, 0.1) is 0 Å². The quantitative estimate of drug-likeness (QED) is 0.606. The molecule has 0 bridgehead atoms. The number of nitrogens with one attached hydrogen (secondary N) is 1. The monoisotopic (exact) mass is 303 g/mol. The largest absolute Gasteiger partial charge is 0.489 e. The van der Waals surface area contributed by atoms with Crippen LogP contribution in [-0.4, -0.2) is 14.5 Å². The van der Waals surface area contributed by atoms with Gasteiger partial charge in [-0.1, -0.05) is 30.3 Å². The maximum Gasteiger partial charge on any atom is 0.120 e. The van der Waals surface area contributed by atoms with Gasteiger partial charge in [0, 0.05) is 29.5 Å². The van der Waals surface area contributed by atoms with Crippen molar-refractivity contribution in [1.29, 1.82) is 0 Å². The summed E-state index contributed by atoms with van der Waals surface area (Å²) in [4.78, 5) is 7.40. The van der Waals surface area contributed by atoms with Gasteiger partial charge in [0.05, 0.1) is 12.9 Å². The van der Waals surface area contributed by atoms with Crippen LogP contribution in [0.3, 0.4) is 0 Å². The van der Waals surface area contributed by atoms with E-state index in [0.717, 1.165) is 17.8 Å². The Morgan fingerprint density at radius 1 is 1.09 bits per heavy atom. The van der Waals surface area contributed by atoms with E-state index in [4.69, 9.17) is 4.74 Å². The Bertz CT molecular complexity index is 895. The molecule has 0 fully saturated rings. The van der Waals surface area contributed by atoms with Crippen LogP contribution >= 0.6 is 0 Å². The molecule has 2 aromatic heterocycles. The molecule has 0 aliphatic rings. The molecule has 0 atom stereocenters. The molecule has 0 saturated carbocycles. The van der Waals surface area contributed by atoms with Crippen molar-refractivity contribution in [3.63, 3.8) is 0 Å². The molecule has 0 radical (unpaired) electrons. The molecule has 0 spiro atoms. The molecule has 4 rings (SSSR count). The summed E-state index contributed by atoms with van der Waals surface area (Å²) in [5.41, 5.74) is 3.51. The zero-order chi connectivity index (χ0) is 15.5. The molecule has 4 nitrogen and oxygen atoms in total. The smallest absolute Gasteiger partial charge is 0.120 e. The number of hydrogen-bond donors (Lipinski definition) is 1. The second-order valence-corrected chi connectivity index (χ2v) is 5.53. The lowest BCUT2D eigenvalue weighted by Gasteiger charge is -2.07. The highest BCUT2D eigenvalue weighted by atomic mass is 16.5. The number of hydrogen-bond acceptors (Lipinski definition) is 2. The van der Waals surface area contributed by atoms with Gasteiger partial charge in [-0.05, 0) is 29.3 Å². The topological polar surface area (TPSA) is 42.8 Å². The lowest BCUT2D eigenvalue weighted by molar-refractivity contribution is 0.306. The summed E-state index contributed by atoms with van der Waals surface area (Å²) < 4.78 is 7.98. The van der Waals surface area contributed by atoms with Gasteiger partial charge in [-0.2, -0.15) is 0 Å². The fourth-order valence-corrected chi connectivity index (χ4v) is 2.70. The van der Waals surface area contributed by atoms with Crippen molar-refractivity contribution in [2.75, 3.05) is 0 Å². The number of benzene rings is 2. The lowest BCUT2D eigenvalue weighted by Crippen LogP contribution is -1.96. The van der Waals surface area contributed by atoms with E-state index in [2.05, 4.69) is 38.8 Å². The fourth-order valence-electron chi connectivity index (χ4n) is 2.70. The average Bonchev–Trinajstić information content (AvgIpc) is 3.24. The summed E-state index contributed by atoms with van der Waals surface area (Å²) in [6.07, 6.45) is 7.64. The van der Waals surface area contributed by atoms with E-state index in [1.54, 1.807) is 6.20 Å². The van der Waals surface area contributed by atoms with Crippen LogP contribution in [0.1, 0.15) is 11.1 Å². The third-order valence-electron chi connectivity index (χ3n) is 3.90. The van der Waals surface area contributed by atoms with Gasteiger partial charge in [-0.25, -0.2) is 4.98 Å². The van der Waals surface area contributed by atoms with Crippen molar-refractivity contribution in [3.05, 3.63) is 84.6 Å². The fraction of sp³-hybridized carbons (Fsp3) is 0.105. The number of ether oxygens (including phenoxy) is 1. The van der Waals surface area contributed by atoms with Gasteiger partial charge in [0.2, 0.25) is 0 Å². The first-order valence-corrected chi connectivity index (χ1v) is 7.61. The number of nitrogens with zero attached hydrogens (tertiary/aromatic N) is 2. The summed E-state index contributed by atoms with van der Waals surface area (Å²) in [6, 6.07) is 16.4. The maximum atomic E-state index is 5.93. The Balaban J connectivity index is 1.56. The van der Waals surface area contributed by atoms with Crippen LogP contribution in [0.5, 0.6) is 5.75 Å². The average molecular weight is 303 g/mol. The molecule has 2 aromatic carbocycles. The molecule has 114 valence electrons. The number of imidazole rings is 1. The van der Waals surface area contributed by atoms with Crippen molar-refractivity contribution in [3.8, 4) is 5.75 Å². The second-order valence-electron chi connectivity index (χ2n) is 5.53. The minimum Gasteiger partial charge on any atom is -0.489 e. The number of rotatable bonds is 5. The van der Waals surface area contributed by atoms with E-state index < -0.39 is 0 Å². The van der Waals surface area contributed by atoms with Crippen LogP contribution in [0.25, 0.3) is 10.9 Å². The Morgan fingerprint density at radius 3 is 2.83 bits per heavy atom. The minimum atomic E-state index is 0.577. The minimum absolute atomic E-state index is 0.577. The summed E-state index contributed by atoms with van der Waals surface area (Å²) in [5.74, 6) is 0.882. The van der Waals surface area contributed by atoms with Crippen LogP contribution in [0.15, 0.2) is 73.4 Å². The molecule has 0 saturated heterocycles. The highest BCUT2D eigenvalue weighted by Crippen LogP contribution is 2.25. The first-order valence-electron chi connectivity index (χ1n) is 7.61. The Kier molecular flexibility index (Phi) is 3.56. The predicted molar refractivity (Wildman–Crippen MR) is 90.4 cm³/mol. The SMILES string of the molecule is c1ccc(COc2ccc3[nH]cc(Cn4ccnc4)c3c2)cc1. The van der Waals surface area contributed by atoms with Gasteiger partial charge in [0.15, 0.2) is 0 Å². The van der Waals surface area contributed by atoms with E-state index in [9.17, 15) is 0 Å². The molecule has 0 aliphatic carbocycles. The predicted octanol–water partition coefficient (Wildman–Crippen LogP) is 3.99. The van der Waals surface area contributed by atoms with Gasteiger partial charge in [0.1, 0.15) is 12.4 Å².